The number of amides is 1. The molecule has 2 saturated heterocycles. The summed E-state index contributed by atoms with van der Waals surface area (Å²) in [7, 11) is -3.98. The van der Waals surface area contributed by atoms with Gasteiger partial charge in [-0.1, -0.05) is 6.07 Å². The minimum atomic E-state index is -3.98. The number of aromatic nitrogens is 4. The largest absolute Gasteiger partial charge is 0.501 e. The van der Waals surface area contributed by atoms with Crippen molar-refractivity contribution in [1.29, 1.82) is 0 Å². The highest BCUT2D eigenvalue weighted by Gasteiger charge is 2.30. The Labute approximate surface area is 256 Å². The zero-order valence-corrected chi connectivity index (χ0v) is 25.7. The fourth-order valence-electron chi connectivity index (χ4n) is 5.49. The van der Waals surface area contributed by atoms with Gasteiger partial charge in [-0.05, 0) is 31.5 Å². The number of carbonyl (C=O) groups is 1. The Morgan fingerprint density at radius 2 is 1.89 bits per heavy atom. The van der Waals surface area contributed by atoms with Gasteiger partial charge >= 0.3 is 5.56 Å². The van der Waals surface area contributed by atoms with Gasteiger partial charge in [0, 0.05) is 56.1 Å². The first-order valence-corrected chi connectivity index (χ1v) is 16.3. The van der Waals surface area contributed by atoms with Crippen molar-refractivity contribution in [1.82, 2.24) is 28.1 Å². The summed E-state index contributed by atoms with van der Waals surface area (Å²) in [6.45, 7) is 5.49. The second-order valence-corrected chi connectivity index (χ2v) is 13.9. The molecule has 2 aliphatic heterocycles. The molecular weight excluding hydrogens is 615 g/mol. The molecule has 6 rings (SSSR count). The highest BCUT2D eigenvalue weighted by Crippen LogP contribution is 2.32. The fourth-order valence-corrected chi connectivity index (χ4v) is 8.06. The van der Waals surface area contributed by atoms with Gasteiger partial charge < -0.3 is 24.0 Å². The predicted molar refractivity (Wildman–Crippen MR) is 158 cm³/mol. The van der Waals surface area contributed by atoms with Gasteiger partial charge in [0.15, 0.2) is 5.69 Å². The molecule has 0 saturated carbocycles. The second kappa shape index (κ2) is 12.0. The first-order valence-electron chi connectivity index (χ1n) is 14.1. The molecule has 2 atom stereocenters. The lowest BCUT2D eigenvalue weighted by molar-refractivity contribution is -0.143. The molecule has 0 radical (unpaired) electrons. The number of halogens is 1. The molecule has 0 bridgehead atoms. The number of hydrogen-bond acceptors (Lipinski definition) is 10. The van der Waals surface area contributed by atoms with Crippen LogP contribution < -0.4 is 5.56 Å². The van der Waals surface area contributed by atoms with Gasteiger partial charge in [0.25, 0.3) is 0 Å². The van der Waals surface area contributed by atoms with Crippen LogP contribution in [0, 0.1) is 5.82 Å². The molecule has 1 amide bonds. The summed E-state index contributed by atoms with van der Waals surface area (Å²) >= 11 is 1.11. The number of imidazole rings is 1. The topological polar surface area (TPSA) is 149 Å². The molecule has 2 unspecified atom stereocenters. The summed E-state index contributed by atoms with van der Waals surface area (Å²) in [6, 6.07) is 3.64. The zero-order valence-electron chi connectivity index (χ0n) is 24.1. The van der Waals surface area contributed by atoms with E-state index in [4.69, 9.17) is 9.47 Å². The van der Waals surface area contributed by atoms with E-state index in [2.05, 4.69) is 9.97 Å². The lowest BCUT2D eigenvalue weighted by atomic mass is 10.1. The summed E-state index contributed by atoms with van der Waals surface area (Å²) < 4.78 is 55.9. The van der Waals surface area contributed by atoms with Gasteiger partial charge in [0.2, 0.25) is 27.5 Å². The van der Waals surface area contributed by atoms with Gasteiger partial charge in [-0.15, -0.1) is 11.3 Å². The van der Waals surface area contributed by atoms with Crippen LogP contribution in [0.4, 0.5) is 4.39 Å². The number of thiazole rings is 1. The van der Waals surface area contributed by atoms with Crippen molar-refractivity contribution in [3.63, 3.8) is 0 Å². The van der Waals surface area contributed by atoms with E-state index in [1.54, 1.807) is 11.1 Å². The molecule has 1 aromatic carbocycles. The number of hydrogen-bond donors (Lipinski definition) is 1. The minimum absolute atomic E-state index is 0.0625. The highest BCUT2D eigenvalue weighted by molar-refractivity contribution is 7.89. The van der Waals surface area contributed by atoms with Crippen LogP contribution in [0.2, 0.25) is 0 Å². The highest BCUT2D eigenvalue weighted by atomic mass is 32.2. The molecule has 234 valence electrons. The second-order valence-electron chi connectivity index (χ2n) is 10.8. The maximum atomic E-state index is 14.2. The average molecular weight is 647 g/mol. The van der Waals surface area contributed by atoms with Crippen molar-refractivity contribution >= 4 is 33.0 Å². The Hall–Kier alpha value is -3.70. The molecule has 4 aromatic rings. The number of benzene rings is 1. The van der Waals surface area contributed by atoms with E-state index >= 15 is 0 Å². The van der Waals surface area contributed by atoms with Gasteiger partial charge in [0.05, 0.1) is 30.3 Å². The first kappa shape index (κ1) is 30.3. The molecular formula is C28H31FN6O7S2. The third-order valence-electron chi connectivity index (χ3n) is 7.54. The normalized spacial score (nSPS) is 19.9. The first-order chi connectivity index (χ1) is 21.0. The molecule has 3 aromatic heterocycles. The zero-order chi connectivity index (χ0) is 31.2. The summed E-state index contributed by atoms with van der Waals surface area (Å²) in [4.78, 5) is 37.2. The lowest BCUT2D eigenvalue weighted by Gasteiger charge is -2.35. The Balaban J connectivity index is 1.29. The Morgan fingerprint density at radius 3 is 2.61 bits per heavy atom. The number of carbonyl (C=O) groups excluding carboxylic acids is 1. The number of morpholine rings is 2. The SMILES string of the molecule is CC1CN(C(=O)Cn2ccn3c(=O)c(O)c(-c4ncc(Cc5ccc(F)cc5S(=O)(=O)N5CCOCC5)s4)nc23)CC(C)O1. The van der Waals surface area contributed by atoms with Gasteiger partial charge in [0.1, 0.15) is 17.4 Å². The molecule has 16 heteroatoms. The number of fused-ring (bicyclic) bond motifs is 1. The van der Waals surface area contributed by atoms with E-state index in [1.165, 1.54) is 33.4 Å². The molecule has 1 N–H and O–H groups in total. The number of sulfonamides is 1. The number of nitrogens with zero attached hydrogens (tertiary/aromatic N) is 6. The quantitative estimate of drug-likeness (QED) is 0.317. The maximum Gasteiger partial charge on any atom is 0.302 e. The summed E-state index contributed by atoms with van der Waals surface area (Å²) in [5.41, 5.74) is -0.411. The van der Waals surface area contributed by atoms with Crippen LogP contribution in [0.25, 0.3) is 16.5 Å². The van der Waals surface area contributed by atoms with Gasteiger partial charge in [-0.3, -0.25) is 9.59 Å². The van der Waals surface area contributed by atoms with Crippen LogP contribution in [0.1, 0.15) is 24.3 Å². The van der Waals surface area contributed by atoms with E-state index in [9.17, 15) is 27.5 Å². The Bertz CT molecular complexity index is 1870. The molecule has 2 aliphatic rings. The monoisotopic (exact) mass is 646 g/mol. The van der Waals surface area contributed by atoms with Crippen LogP contribution >= 0.6 is 11.3 Å². The molecule has 44 heavy (non-hydrogen) atoms. The van der Waals surface area contributed by atoms with Crippen molar-refractivity contribution in [2.75, 3.05) is 39.4 Å². The van der Waals surface area contributed by atoms with Crippen molar-refractivity contribution in [3.05, 3.63) is 63.4 Å². The summed E-state index contributed by atoms with van der Waals surface area (Å²) in [6.07, 6.45) is 4.40. The van der Waals surface area contributed by atoms with Gasteiger partial charge in [-0.25, -0.2) is 27.2 Å². The summed E-state index contributed by atoms with van der Waals surface area (Å²) in [5, 5.41) is 11.0. The standard InChI is InChI=1S/C28H31FN6O7S2/c1-17-14-33(15-18(2)42-17)23(36)16-32-5-6-35-27(38)25(37)24(31-28(32)35)26-30-13-21(43-26)11-19-3-4-20(29)12-22(19)44(39,40)34-7-9-41-10-8-34/h3-6,12-13,17-18,37H,7-11,14-16H2,1-2H3. The predicted octanol–water partition coefficient (Wildman–Crippen LogP) is 1.71. The van der Waals surface area contributed by atoms with E-state index in [1.807, 2.05) is 13.8 Å². The number of ether oxygens (including phenoxy) is 2. The third-order valence-corrected chi connectivity index (χ3v) is 10.5. The van der Waals surface area contributed by atoms with Crippen molar-refractivity contribution in [3.8, 4) is 16.5 Å². The van der Waals surface area contributed by atoms with E-state index < -0.39 is 27.1 Å². The number of aromatic hydroxyl groups is 1. The van der Waals surface area contributed by atoms with Crippen LogP contribution in [-0.2, 0) is 37.3 Å². The average Bonchev–Trinajstić information content (AvgIpc) is 3.62. The minimum Gasteiger partial charge on any atom is -0.501 e. The number of rotatable bonds is 7. The van der Waals surface area contributed by atoms with E-state index in [-0.39, 0.29) is 78.8 Å². The van der Waals surface area contributed by atoms with E-state index in [0.29, 0.717) is 23.5 Å². The molecule has 13 nitrogen and oxygen atoms in total. The Morgan fingerprint density at radius 1 is 1.16 bits per heavy atom. The van der Waals surface area contributed by atoms with Crippen LogP contribution in [0.3, 0.4) is 0 Å². The third kappa shape index (κ3) is 5.87. The molecule has 0 aliphatic carbocycles. The lowest BCUT2D eigenvalue weighted by Crippen LogP contribution is -2.49. The van der Waals surface area contributed by atoms with Crippen molar-refractivity contribution in [2.24, 2.45) is 0 Å². The summed E-state index contributed by atoms with van der Waals surface area (Å²) in [5.74, 6) is -1.29. The van der Waals surface area contributed by atoms with Crippen LogP contribution in [0.5, 0.6) is 5.75 Å². The Kier molecular flexibility index (Phi) is 8.27. The molecule has 2 fully saturated rings. The van der Waals surface area contributed by atoms with Crippen molar-refractivity contribution in [2.45, 2.75) is 43.9 Å². The molecule has 0 spiro atoms. The van der Waals surface area contributed by atoms with Gasteiger partial charge in [-0.2, -0.15) is 4.31 Å². The molecule has 5 heterocycles. The van der Waals surface area contributed by atoms with E-state index in [0.717, 1.165) is 21.8 Å². The maximum absolute atomic E-state index is 14.2. The smallest absolute Gasteiger partial charge is 0.302 e. The fraction of sp³-hybridized carbons (Fsp3) is 0.429. The van der Waals surface area contributed by atoms with Crippen molar-refractivity contribution < 1.29 is 32.2 Å². The van der Waals surface area contributed by atoms with Crippen LogP contribution in [0.15, 0.2) is 46.5 Å². The van der Waals surface area contributed by atoms with Crippen LogP contribution in [-0.4, -0.2) is 99.2 Å².